The van der Waals surface area contributed by atoms with Crippen molar-refractivity contribution in [2.45, 2.75) is 13.8 Å². The Hall–Kier alpha value is -3.05. The molecule has 1 amide bonds. The number of anilines is 1. The zero-order valence-corrected chi connectivity index (χ0v) is 20.2. The van der Waals surface area contributed by atoms with Gasteiger partial charge in [0.15, 0.2) is 5.69 Å². The van der Waals surface area contributed by atoms with Gasteiger partial charge in [-0.3, -0.25) is 9.59 Å². The van der Waals surface area contributed by atoms with Crippen LogP contribution < -0.4 is 10.9 Å². The van der Waals surface area contributed by atoms with Crippen molar-refractivity contribution in [3.05, 3.63) is 84.7 Å². The molecule has 7 nitrogen and oxygen atoms in total. The summed E-state index contributed by atoms with van der Waals surface area (Å²) in [5, 5.41) is 9.69. The lowest BCUT2D eigenvalue weighted by Crippen LogP contribution is -2.25. The van der Waals surface area contributed by atoms with Gasteiger partial charge in [0.1, 0.15) is 5.00 Å². The van der Waals surface area contributed by atoms with Crippen molar-refractivity contribution >= 4 is 61.6 Å². The van der Waals surface area contributed by atoms with E-state index in [1.807, 2.05) is 31.2 Å². The molecular formula is C23H18IN3O4S. The highest BCUT2D eigenvalue weighted by Crippen LogP contribution is 2.31. The molecule has 0 bridgehead atoms. The van der Waals surface area contributed by atoms with Crippen LogP contribution in [0.5, 0.6) is 0 Å². The summed E-state index contributed by atoms with van der Waals surface area (Å²) in [6.07, 6.45) is 0. The molecule has 2 aromatic heterocycles. The minimum absolute atomic E-state index is 0.0214. The van der Waals surface area contributed by atoms with E-state index in [9.17, 15) is 14.4 Å². The van der Waals surface area contributed by atoms with Gasteiger partial charge in [-0.05, 0) is 60.7 Å². The third-order valence-electron chi connectivity index (χ3n) is 4.75. The summed E-state index contributed by atoms with van der Waals surface area (Å²) in [5.74, 6) is -0.971. The van der Waals surface area contributed by atoms with Crippen LogP contribution in [0.2, 0.25) is 0 Å². The monoisotopic (exact) mass is 559 g/mol. The topological polar surface area (TPSA) is 90.3 Å². The summed E-state index contributed by atoms with van der Waals surface area (Å²) in [6, 6.07) is 14.4. The van der Waals surface area contributed by atoms with Crippen LogP contribution in [0.4, 0.5) is 5.00 Å². The van der Waals surface area contributed by atoms with Crippen LogP contribution in [-0.4, -0.2) is 28.3 Å². The van der Waals surface area contributed by atoms with Gasteiger partial charge in [0.2, 0.25) is 0 Å². The molecule has 162 valence electrons. The number of fused-ring (bicyclic) bond motifs is 1. The Morgan fingerprint density at radius 3 is 2.56 bits per heavy atom. The van der Waals surface area contributed by atoms with Crippen molar-refractivity contribution in [3.63, 3.8) is 0 Å². The first-order chi connectivity index (χ1) is 15.4. The Balaban J connectivity index is 1.89. The second kappa shape index (κ2) is 9.21. The van der Waals surface area contributed by atoms with E-state index in [2.05, 4.69) is 33.0 Å². The number of aromatic nitrogens is 2. The summed E-state index contributed by atoms with van der Waals surface area (Å²) in [5.41, 5.74) is 1.61. The van der Waals surface area contributed by atoms with Crippen LogP contribution in [-0.2, 0) is 4.74 Å². The number of hydrogen-bond donors (Lipinski definition) is 1. The number of ether oxygens (including phenoxy) is 1. The molecule has 0 unspecified atom stereocenters. The first-order valence-corrected chi connectivity index (χ1v) is 11.7. The number of carbonyl (C=O) groups excluding carboxylic acids is 2. The quantitative estimate of drug-likeness (QED) is 0.281. The molecule has 2 heterocycles. The molecule has 4 aromatic rings. The number of aryl methyl sites for hydroxylation is 1. The highest BCUT2D eigenvalue weighted by atomic mass is 127. The third kappa shape index (κ3) is 4.17. The van der Waals surface area contributed by atoms with E-state index in [1.54, 1.807) is 36.6 Å². The minimum Gasteiger partial charge on any atom is -0.461 e. The Morgan fingerprint density at radius 1 is 1.16 bits per heavy atom. The smallest absolute Gasteiger partial charge is 0.359 e. The lowest BCUT2D eigenvalue weighted by Gasteiger charge is -2.10. The number of thiophene rings is 1. The van der Waals surface area contributed by atoms with Crippen LogP contribution >= 0.6 is 33.9 Å². The Bertz CT molecular complexity index is 1390. The van der Waals surface area contributed by atoms with E-state index in [1.165, 1.54) is 16.0 Å². The van der Waals surface area contributed by atoms with Gasteiger partial charge in [0.05, 0.1) is 23.2 Å². The number of amides is 1. The maximum absolute atomic E-state index is 13.4. The first kappa shape index (κ1) is 22.2. The van der Waals surface area contributed by atoms with E-state index >= 15 is 0 Å². The predicted octanol–water partition coefficient (Wildman–Crippen LogP) is 4.79. The molecule has 0 aliphatic heterocycles. The molecule has 0 fully saturated rings. The summed E-state index contributed by atoms with van der Waals surface area (Å²) in [6.45, 7) is 3.81. The standard InChI is InChI=1S/C23H18IN3O4S/c1-3-31-23(30)19-16-12-32-21(25-20(28)15-6-4-5-7-17(15)24)18(16)22(29)27(26-19)14-10-8-13(2)9-11-14/h4-12H,3H2,1-2H3,(H,25,28). The number of benzene rings is 2. The average Bonchev–Trinajstić information content (AvgIpc) is 3.19. The number of esters is 1. The Morgan fingerprint density at radius 2 is 1.88 bits per heavy atom. The number of nitrogens with zero attached hydrogens (tertiary/aromatic N) is 2. The molecule has 2 aromatic carbocycles. The molecule has 0 radical (unpaired) electrons. The molecule has 0 atom stereocenters. The molecule has 9 heteroatoms. The summed E-state index contributed by atoms with van der Waals surface area (Å²) in [7, 11) is 0. The summed E-state index contributed by atoms with van der Waals surface area (Å²) >= 11 is 3.25. The van der Waals surface area contributed by atoms with Gasteiger partial charge >= 0.3 is 5.97 Å². The fourth-order valence-corrected chi connectivity index (χ4v) is 4.73. The minimum atomic E-state index is -0.633. The van der Waals surface area contributed by atoms with E-state index < -0.39 is 11.5 Å². The van der Waals surface area contributed by atoms with Gasteiger partial charge in [0.25, 0.3) is 11.5 Å². The molecule has 0 spiro atoms. The average molecular weight is 559 g/mol. The largest absolute Gasteiger partial charge is 0.461 e. The number of hydrogen-bond acceptors (Lipinski definition) is 6. The molecule has 0 saturated heterocycles. The van der Waals surface area contributed by atoms with Crippen LogP contribution in [0.25, 0.3) is 16.5 Å². The normalized spacial score (nSPS) is 10.8. The van der Waals surface area contributed by atoms with Crippen molar-refractivity contribution in [3.8, 4) is 5.69 Å². The van der Waals surface area contributed by atoms with E-state index in [4.69, 9.17) is 4.74 Å². The maximum Gasteiger partial charge on any atom is 0.359 e. The fraction of sp³-hybridized carbons (Fsp3) is 0.130. The maximum atomic E-state index is 13.4. The molecule has 0 saturated carbocycles. The Labute approximate surface area is 201 Å². The number of carbonyl (C=O) groups is 2. The van der Waals surface area contributed by atoms with Crippen molar-refractivity contribution < 1.29 is 14.3 Å². The van der Waals surface area contributed by atoms with Gasteiger partial charge < -0.3 is 10.1 Å². The summed E-state index contributed by atoms with van der Waals surface area (Å²) < 4.78 is 7.12. The molecule has 0 aliphatic carbocycles. The van der Waals surface area contributed by atoms with Crippen molar-refractivity contribution in [2.75, 3.05) is 11.9 Å². The molecule has 4 rings (SSSR count). The van der Waals surface area contributed by atoms with Gasteiger partial charge in [-0.15, -0.1) is 11.3 Å². The van der Waals surface area contributed by atoms with Crippen LogP contribution in [0.1, 0.15) is 33.3 Å². The van der Waals surface area contributed by atoms with Crippen molar-refractivity contribution in [1.82, 2.24) is 9.78 Å². The van der Waals surface area contributed by atoms with Crippen molar-refractivity contribution in [2.24, 2.45) is 0 Å². The number of rotatable bonds is 5. The van der Waals surface area contributed by atoms with Gasteiger partial charge in [-0.2, -0.15) is 9.78 Å². The third-order valence-corrected chi connectivity index (χ3v) is 6.58. The van der Waals surface area contributed by atoms with E-state index in [0.29, 0.717) is 21.6 Å². The fourth-order valence-electron chi connectivity index (χ4n) is 3.17. The Kier molecular flexibility index (Phi) is 6.38. The van der Waals surface area contributed by atoms with Crippen LogP contribution in [0, 0.1) is 10.5 Å². The lowest BCUT2D eigenvalue weighted by atomic mass is 10.2. The van der Waals surface area contributed by atoms with Gasteiger partial charge in [0, 0.05) is 14.3 Å². The zero-order valence-electron chi connectivity index (χ0n) is 17.2. The van der Waals surface area contributed by atoms with Crippen LogP contribution in [0.15, 0.2) is 58.7 Å². The summed E-state index contributed by atoms with van der Waals surface area (Å²) in [4.78, 5) is 38.9. The molecule has 1 N–H and O–H groups in total. The van der Waals surface area contributed by atoms with E-state index in [-0.39, 0.29) is 23.6 Å². The second-order valence-electron chi connectivity index (χ2n) is 6.91. The van der Waals surface area contributed by atoms with Gasteiger partial charge in [-0.1, -0.05) is 29.8 Å². The van der Waals surface area contributed by atoms with Crippen molar-refractivity contribution in [1.29, 1.82) is 0 Å². The van der Waals surface area contributed by atoms with Crippen LogP contribution in [0.3, 0.4) is 0 Å². The highest BCUT2D eigenvalue weighted by molar-refractivity contribution is 14.1. The number of nitrogens with one attached hydrogen (secondary N) is 1. The predicted molar refractivity (Wildman–Crippen MR) is 133 cm³/mol. The lowest BCUT2D eigenvalue weighted by molar-refractivity contribution is 0.0520. The number of halogens is 1. The highest BCUT2D eigenvalue weighted by Gasteiger charge is 2.23. The SMILES string of the molecule is CCOC(=O)c1nn(-c2ccc(C)cc2)c(=O)c2c(NC(=O)c3ccccc3I)scc12. The zero-order chi connectivity index (χ0) is 22.8. The van der Waals surface area contributed by atoms with Gasteiger partial charge in [-0.25, -0.2) is 4.79 Å². The first-order valence-electron chi connectivity index (χ1n) is 9.75. The molecular weight excluding hydrogens is 541 g/mol. The molecule has 0 aliphatic rings. The molecule has 32 heavy (non-hydrogen) atoms. The second-order valence-corrected chi connectivity index (χ2v) is 8.95. The van der Waals surface area contributed by atoms with E-state index in [0.717, 1.165) is 9.13 Å².